The van der Waals surface area contributed by atoms with Crippen LogP contribution in [-0.2, 0) is 6.54 Å². The Bertz CT molecular complexity index is 698. The second kappa shape index (κ2) is 5.42. The van der Waals surface area contributed by atoms with E-state index in [-0.39, 0.29) is 12.2 Å². The van der Waals surface area contributed by atoms with Gasteiger partial charge in [0.05, 0.1) is 16.6 Å². The van der Waals surface area contributed by atoms with Gasteiger partial charge in [0, 0.05) is 6.07 Å². The molecule has 0 bridgehead atoms. The van der Waals surface area contributed by atoms with Gasteiger partial charge < -0.3 is 5.11 Å². The van der Waals surface area contributed by atoms with Gasteiger partial charge in [0.15, 0.2) is 5.69 Å². The van der Waals surface area contributed by atoms with Crippen LogP contribution in [0.5, 0.6) is 0 Å². The third-order valence-electron chi connectivity index (χ3n) is 2.40. The third kappa shape index (κ3) is 3.13. The van der Waals surface area contributed by atoms with Gasteiger partial charge in [0.25, 0.3) is 5.56 Å². The normalized spacial score (nSPS) is 10.4. The van der Waals surface area contributed by atoms with Gasteiger partial charge in [-0.1, -0.05) is 29.3 Å². The summed E-state index contributed by atoms with van der Waals surface area (Å²) in [6.45, 7) is 0.122. The molecule has 0 fully saturated rings. The molecule has 0 atom stereocenters. The van der Waals surface area contributed by atoms with E-state index in [0.717, 1.165) is 16.8 Å². The fourth-order valence-electron chi connectivity index (χ4n) is 1.49. The van der Waals surface area contributed by atoms with Crippen LogP contribution in [0.2, 0.25) is 10.0 Å². The first-order valence-electron chi connectivity index (χ1n) is 5.23. The molecule has 5 nitrogen and oxygen atoms in total. The van der Waals surface area contributed by atoms with Gasteiger partial charge >= 0.3 is 5.97 Å². The Balaban J connectivity index is 2.37. The van der Waals surface area contributed by atoms with Crippen molar-refractivity contribution in [3.8, 4) is 0 Å². The van der Waals surface area contributed by atoms with Crippen LogP contribution in [-0.4, -0.2) is 20.9 Å². The highest BCUT2D eigenvalue weighted by molar-refractivity contribution is 6.42. The molecule has 1 aromatic carbocycles. The molecule has 2 rings (SSSR count). The predicted octanol–water partition coefficient (Wildman–Crippen LogP) is 2.30. The van der Waals surface area contributed by atoms with E-state index in [0.29, 0.717) is 15.6 Å². The van der Waals surface area contributed by atoms with E-state index in [1.165, 1.54) is 0 Å². The molecule has 0 spiro atoms. The van der Waals surface area contributed by atoms with Gasteiger partial charge in [-0.3, -0.25) is 4.79 Å². The SMILES string of the molecule is O=C(O)c1ccc(=O)n(Cc2ccc(Cl)c(Cl)c2)n1. The van der Waals surface area contributed by atoms with Crippen LogP contribution >= 0.6 is 23.2 Å². The van der Waals surface area contributed by atoms with Crippen molar-refractivity contribution in [3.05, 3.63) is 62.0 Å². The molecule has 0 aliphatic rings. The zero-order valence-electron chi connectivity index (χ0n) is 9.51. The first-order chi connectivity index (χ1) is 8.97. The molecule has 0 saturated carbocycles. The summed E-state index contributed by atoms with van der Waals surface area (Å²) < 4.78 is 1.06. The topological polar surface area (TPSA) is 72.2 Å². The van der Waals surface area contributed by atoms with Gasteiger partial charge in [-0.25, -0.2) is 9.48 Å². The Labute approximate surface area is 118 Å². The smallest absolute Gasteiger partial charge is 0.356 e. The lowest BCUT2D eigenvalue weighted by atomic mass is 10.2. The van der Waals surface area contributed by atoms with E-state index in [9.17, 15) is 9.59 Å². The van der Waals surface area contributed by atoms with Crippen molar-refractivity contribution in [3.63, 3.8) is 0 Å². The lowest BCUT2D eigenvalue weighted by Gasteiger charge is -2.06. The Morgan fingerprint density at radius 1 is 1.21 bits per heavy atom. The number of aromatic nitrogens is 2. The first kappa shape index (κ1) is 13.6. The van der Waals surface area contributed by atoms with Gasteiger partial charge in [-0.2, -0.15) is 5.10 Å². The summed E-state index contributed by atoms with van der Waals surface area (Å²) >= 11 is 11.7. The largest absolute Gasteiger partial charge is 0.476 e. The fraction of sp³-hybridized carbons (Fsp3) is 0.0833. The number of nitrogens with zero attached hydrogens (tertiary/aromatic N) is 2. The molecule has 0 aliphatic heterocycles. The van der Waals surface area contributed by atoms with Crippen LogP contribution in [0.15, 0.2) is 35.1 Å². The number of carboxylic acids is 1. The summed E-state index contributed by atoms with van der Waals surface area (Å²) in [6.07, 6.45) is 0. The molecule has 0 radical (unpaired) electrons. The lowest BCUT2D eigenvalue weighted by Crippen LogP contribution is -2.24. The Morgan fingerprint density at radius 2 is 1.95 bits per heavy atom. The summed E-state index contributed by atoms with van der Waals surface area (Å²) in [4.78, 5) is 22.4. The van der Waals surface area contributed by atoms with Gasteiger partial charge in [0.2, 0.25) is 0 Å². The number of hydrogen-bond donors (Lipinski definition) is 1. The summed E-state index contributed by atoms with van der Waals surface area (Å²) in [5.41, 5.74) is 0.113. The van der Waals surface area contributed by atoms with E-state index in [4.69, 9.17) is 28.3 Å². The molecular formula is C12H8Cl2N2O3. The molecule has 1 heterocycles. The summed E-state index contributed by atoms with van der Waals surface area (Å²) in [6, 6.07) is 7.22. The second-order valence-corrected chi connectivity index (χ2v) is 4.58. The highest BCUT2D eigenvalue weighted by Crippen LogP contribution is 2.22. The van der Waals surface area contributed by atoms with Gasteiger partial charge in [-0.05, 0) is 23.8 Å². The third-order valence-corrected chi connectivity index (χ3v) is 3.14. The summed E-state index contributed by atoms with van der Waals surface area (Å²) in [5.74, 6) is -1.19. The average molecular weight is 299 g/mol. The Kier molecular flexibility index (Phi) is 3.87. The van der Waals surface area contributed by atoms with Crippen molar-refractivity contribution in [2.75, 3.05) is 0 Å². The number of aromatic carboxylic acids is 1. The number of rotatable bonds is 3. The Morgan fingerprint density at radius 3 is 2.58 bits per heavy atom. The molecule has 0 aliphatic carbocycles. The molecular weight excluding hydrogens is 291 g/mol. The minimum atomic E-state index is -1.19. The zero-order chi connectivity index (χ0) is 14.0. The highest BCUT2D eigenvalue weighted by atomic mass is 35.5. The van der Waals surface area contributed by atoms with Crippen molar-refractivity contribution in [1.82, 2.24) is 9.78 Å². The second-order valence-electron chi connectivity index (χ2n) is 3.77. The van der Waals surface area contributed by atoms with E-state index in [1.54, 1.807) is 18.2 Å². The van der Waals surface area contributed by atoms with Crippen LogP contribution in [0.4, 0.5) is 0 Å². The summed E-state index contributed by atoms with van der Waals surface area (Å²) in [5, 5.41) is 13.3. The number of carbonyl (C=O) groups is 1. The van der Waals surface area contributed by atoms with Crippen molar-refractivity contribution >= 4 is 29.2 Å². The van der Waals surface area contributed by atoms with E-state index >= 15 is 0 Å². The monoisotopic (exact) mass is 298 g/mol. The quantitative estimate of drug-likeness (QED) is 0.944. The van der Waals surface area contributed by atoms with Crippen LogP contribution in [0.3, 0.4) is 0 Å². The standard InChI is InChI=1S/C12H8Cl2N2O3/c13-8-2-1-7(5-9(8)14)6-16-11(17)4-3-10(15-16)12(18)19/h1-5H,6H2,(H,18,19). The van der Waals surface area contributed by atoms with Crippen LogP contribution in [0, 0.1) is 0 Å². The maximum absolute atomic E-state index is 11.6. The molecule has 1 aromatic heterocycles. The predicted molar refractivity (Wildman–Crippen MR) is 71.0 cm³/mol. The molecule has 1 N–H and O–H groups in total. The van der Waals surface area contributed by atoms with E-state index in [1.807, 2.05) is 0 Å². The van der Waals surface area contributed by atoms with Crippen LogP contribution < -0.4 is 5.56 Å². The highest BCUT2D eigenvalue weighted by Gasteiger charge is 2.08. The molecule has 0 amide bonds. The maximum Gasteiger partial charge on any atom is 0.356 e. The number of benzene rings is 1. The molecule has 19 heavy (non-hydrogen) atoms. The van der Waals surface area contributed by atoms with Gasteiger partial charge in [0.1, 0.15) is 0 Å². The van der Waals surface area contributed by atoms with E-state index in [2.05, 4.69) is 5.10 Å². The Hall–Kier alpha value is -1.85. The molecule has 7 heteroatoms. The zero-order valence-corrected chi connectivity index (χ0v) is 11.0. The van der Waals surface area contributed by atoms with Crippen molar-refractivity contribution in [2.45, 2.75) is 6.54 Å². The fourth-order valence-corrected chi connectivity index (χ4v) is 1.81. The van der Waals surface area contributed by atoms with Crippen molar-refractivity contribution < 1.29 is 9.90 Å². The van der Waals surface area contributed by atoms with Crippen molar-refractivity contribution in [1.29, 1.82) is 0 Å². The lowest BCUT2D eigenvalue weighted by molar-refractivity contribution is 0.0687. The summed E-state index contributed by atoms with van der Waals surface area (Å²) in [7, 11) is 0. The molecule has 0 saturated heterocycles. The number of hydrogen-bond acceptors (Lipinski definition) is 3. The number of carboxylic acid groups (broad SMARTS) is 1. The van der Waals surface area contributed by atoms with Crippen LogP contribution in [0.1, 0.15) is 16.1 Å². The molecule has 2 aromatic rings. The maximum atomic E-state index is 11.6. The van der Waals surface area contributed by atoms with Crippen LogP contribution in [0.25, 0.3) is 0 Å². The van der Waals surface area contributed by atoms with E-state index < -0.39 is 11.5 Å². The minimum absolute atomic E-state index is 0.122. The van der Waals surface area contributed by atoms with Crippen molar-refractivity contribution in [2.24, 2.45) is 0 Å². The minimum Gasteiger partial charge on any atom is -0.476 e. The first-order valence-corrected chi connectivity index (χ1v) is 5.98. The molecule has 0 unspecified atom stereocenters. The van der Waals surface area contributed by atoms with Gasteiger partial charge in [-0.15, -0.1) is 0 Å². The molecule has 98 valence electrons. The average Bonchev–Trinajstić information content (AvgIpc) is 2.36. The number of halogens is 2.